The number of non-ortho nitro benzene ring substituents is 1. The number of nitro groups is 1. The average molecular weight is 310 g/mol. The normalized spacial score (nSPS) is 20.0. The lowest BCUT2D eigenvalue weighted by molar-refractivity contribution is -0.384. The number of carbonyl (C=O) groups is 1. The molecule has 0 unspecified atom stereocenters. The number of rotatable bonds is 4. The lowest BCUT2D eigenvalue weighted by Crippen LogP contribution is -2.40. The summed E-state index contributed by atoms with van der Waals surface area (Å²) in [5.74, 6) is -0.378. The number of benzene rings is 2. The minimum absolute atomic E-state index is 0.0115. The van der Waals surface area contributed by atoms with Crippen LogP contribution in [0.4, 0.5) is 5.69 Å². The second kappa shape index (κ2) is 5.53. The van der Waals surface area contributed by atoms with Crippen molar-refractivity contribution >= 4 is 17.6 Å². The fourth-order valence-electron chi connectivity index (χ4n) is 2.69. The van der Waals surface area contributed by atoms with Crippen LogP contribution in [0.15, 0.2) is 59.6 Å². The summed E-state index contributed by atoms with van der Waals surface area (Å²) in [5, 5.41) is 13.5. The van der Waals surface area contributed by atoms with Gasteiger partial charge < -0.3 is 5.73 Å². The van der Waals surface area contributed by atoms with Crippen LogP contribution < -0.4 is 11.1 Å². The Hall–Kier alpha value is -3.22. The van der Waals surface area contributed by atoms with E-state index in [1.807, 2.05) is 30.3 Å². The van der Waals surface area contributed by atoms with Crippen LogP contribution in [0.1, 0.15) is 11.1 Å². The lowest BCUT2D eigenvalue weighted by Gasteiger charge is -2.23. The predicted octanol–water partition coefficient (Wildman–Crippen LogP) is 1.48. The molecule has 1 amide bonds. The molecular weight excluding hydrogens is 296 g/mol. The molecule has 1 atom stereocenters. The highest BCUT2D eigenvalue weighted by molar-refractivity contribution is 6.07. The second-order valence-electron chi connectivity index (χ2n) is 5.28. The van der Waals surface area contributed by atoms with Crippen LogP contribution in [0.25, 0.3) is 0 Å². The zero-order valence-corrected chi connectivity index (χ0v) is 12.1. The Bertz CT molecular complexity index is 804. The van der Waals surface area contributed by atoms with E-state index in [1.165, 1.54) is 18.2 Å². The third-order valence-corrected chi connectivity index (χ3v) is 3.77. The van der Waals surface area contributed by atoms with Crippen LogP contribution in [-0.4, -0.2) is 16.8 Å². The van der Waals surface area contributed by atoms with Crippen molar-refractivity contribution in [3.05, 3.63) is 75.8 Å². The number of hydrogen-bond donors (Lipinski definition) is 2. The molecule has 0 aliphatic carbocycles. The molecule has 0 bridgehead atoms. The molecule has 1 aliphatic heterocycles. The maximum atomic E-state index is 12.5. The molecule has 7 heteroatoms. The average Bonchev–Trinajstić information content (AvgIpc) is 2.83. The van der Waals surface area contributed by atoms with E-state index >= 15 is 0 Å². The van der Waals surface area contributed by atoms with Gasteiger partial charge in [-0.1, -0.05) is 42.5 Å². The van der Waals surface area contributed by atoms with Crippen LogP contribution in [0.3, 0.4) is 0 Å². The first-order chi connectivity index (χ1) is 11.0. The maximum Gasteiger partial charge on any atom is 0.269 e. The van der Waals surface area contributed by atoms with E-state index in [2.05, 4.69) is 10.3 Å². The molecule has 23 heavy (non-hydrogen) atoms. The summed E-state index contributed by atoms with van der Waals surface area (Å²) in [6.07, 6.45) is 0.265. The van der Waals surface area contributed by atoms with Gasteiger partial charge in [0.1, 0.15) is 0 Å². The van der Waals surface area contributed by atoms with E-state index in [4.69, 9.17) is 5.73 Å². The zero-order valence-electron chi connectivity index (χ0n) is 12.1. The second-order valence-corrected chi connectivity index (χ2v) is 5.28. The zero-order chi connectivity index (χ0) is 16.4. The summed E-state index contributed by atoms with van der Waals surface area (Å²) in [5.41, 5.74) is 5.61. The van der Waals surface area contributed by atoms with Crippen molar-refractivity contribution in [1.29, 1.82) is 0 Å². The monoisotopic (exact) mass is 310 g/mol. The van der Waals surface area contributed by atoms with E-state index in [1.54, 1.807) is 6.07 Å². The van der Waals surface area contributed by atoms with Crippen molar-refractivity contribution < 1.29 is 9.72 Å². The van der Waals surface area contributed by atoms with Gasteiger partial charge in [-0.25, -0.2) is 4.99 Å². The lowest BCUT2D eigenvalue weighted by atomic mass is 9.84. The highest BCUT2D eigenvalue weighted by Gasteiger charge is 2.45. The van der Waals surface area contributed by atoms with Gasteiger partial charge in [-0.2, -0.15) is 0 Å². The fraction of sp³-hybridized carbons (Fsp3) is 0.125. The molecular formula is C16H14N4O3. The van der Waals surface area contributed by atoms with Crippen LogP contribution >= 0.6 is 0 Å². The summed E-state index contributed by atoms with van der Waals surface area (Å²) in [4.78, 5) is 27.3. The number of nitrogens with zero attached hydrogens (tertiary/aromatic N) is 2. The summed E-state index contributed by atoms with van der Waals surface area (Å²) in [6, 6.07) is 15.3. The van der Waals surface area contributed by atoms with Gasteiger partial charge in [-0.15, -0.1) is 0 Å². The first-order valence-electron chi connectivity index (χ1n) is 6.97. The molecule has 0 saturated carbocycles. The largest absolute Gasteiger partial charge is 0.370 e. The minimum Gasteiger partial charge on any atom is -0.370 e. The Morgan fingerprint density at radius 2 is 1.91 bits per heavy atom. The Morgan fingerprint density at radius 1 is 1.17 bits per heavy atom. The number of amides is 1. The van der Waals surface area contributed by atoms with Gasteiger partial charge in [-0.3, -0.25) is 20.2 Å². The molecule has 1 heterocycles. The molecule has 3 rings (SSSR count). The van der Waals surface area contributed by atoms with Gasteiger partial charge in [0.05, 0.1) is 4.92 Å². The predicted molar refractivity (Wildman–Crippen MR) is 84.7 cm³/mol. The summed E-state index contributed by atoms with van der Waals surface area (Å²) in [6.45, 7) is 0. The number of nitrogens with two attached hydrogens (primary N) is 1. The van der Waals surface area contributed by atoms with E-state index < -0.39 is 10.5 Å². The molecule has 7 nitrogen and oxygen atoms in total. The van der Waals surface area contributed by atoms with E-state index in [9.17, 15) is 14.9 Å². The Kier molecular flexibility index (Phi) is 3.53. The minimum atomic E-state index is -1.29. The third kappa shape index (κ3) is 2.64. The van der Waals surface area contributed by atoms with Gasteiger partial charge in [0, 0.05) is 18.6 Å². The SMILES string of the molecule is NC1=N[C@](Cc2ccccc2)(c2cccc([N+](=O)[O-])c2)C(=O)N1. The first kappa shape index (κ1) is 14.7. The number of carbonyl (C=O) groups excluding carboxylic acids is 1. The van der Waals surface area contributed by atoms with Crippen LogP contribution in [0.2, 0.25) is 0 Å². The molecule has 2 aromatic carbocycles. The number of guanidine groups is 1. The van der Waals surface area contributed by atoms with Crippen molar-refractivity contribution in [2.45, 2.75) is 12.0 Å². The Labute approximate surface area is 132 Å². The third-order valence-electron chi connectivity index (χ3n) is 3.77. The van der Waals surface area contributed by atoms with E-state index in [0.29, 0.717) is 5.56 Å². The van der Waals surface area contributed by atoms with Crippen molar-refractivity contribution in [2.24, 2.45) is 10.7 Å². The van der Waals surface area contributed by atoms with Crippen LogP contribution in [-0.2, 0) is 16.8 Å². The van der Waals surface area contributed by atoms with Crippen LogP contribution in [0, 0.1) is 10.1 Å². The number of aliphatic imine (C=N–C) groups is 1. The number of nitro benzene ring substituents is 1. The highest BCUT2D eigenvalue weighted by Crippen LogP contribution is 2.34. The van der Waals surface area contributed by atoms with Crippen molar-refractivity contribution in [3.8, 4) is 0 Å². The number of nitrogens with one attached hydrogen (secondary N) is 1. The Balaban J connectivity index is 2.12. The molecule has 0 spiro atoms. The van der Waals surface area contributed by atoms with Crippen molar-refractivity contribution in [3.63, 3.8) is 0 Å². The van der Waals surface area contributed by atoms with Crippen molar-refractivity contribution in [1.82, 2.24) is 5.32 Å². The maximum absolute atomic E-state index is 12.5. The fourth-order valence-corrected chi connectivity index (χ4v) is 2.69. The molecule has 1 aliphatic rings. The van der Waals surface area contributed by atoms with Gasteiger partial charge >= 0.3 is 0 Å². The highest BCUT2D eigenvalue weighted by atomic mass is 16.6. The van der Waals surface area contributed by atoms with Gasteiger partial charge in [0.25, 0.3) is 11.6 Å². The first-order valence-corrected chi connectivity index (χ1v) is 6.97. The standard InChI is InChI=1S/C16H14N4O3/c17-15-18-14(21)16(19-15,10-11-5-2-1-3-6-11)12-7-4-8-13(9-12)20(22)23/h1-9H,10H2,(H3,17,18,19,21)/t16-/m1/s1. The van der Waals surface area contributed by atoms with E-state index in [-0.39, 0.29) is 24.0 Å². The smallest absolute Gasteiger partial charge is 0.269 e. The molecule has 0 fully saturated rings. The number of hydrogen-bond acceptors (Lipinski definition) is 5. The molecule has 0 saturated heterocycles. The van der Waals surface area contributed by atoms with Gasteiger partial charge in [0.15, 0.2) is 11.5 Å². The molecule has 3 N–H and O–H groups in total. The van der Waals surface area contributed by atoms with Crippen molar-refractivity contribution in [2.75, 3.05) is 0 Å². The Morgan fingerprint density at radius 3 is 2.52 bits per heavy atom. The van der Waals surface area contributed by atoms with Gasteiger partial charge in [0.2, 0.25) is 0 Å². The van der Waals surface area contributed by atoms with Crippen LogP contribution in [0.5, 0.6) is 0 Å². The van der Waals surface area contributed by atoms with E-state index in [0.717, 1.165) is 5.56 Å². The summed E-state index contributed by atoms with van der Waals surface area (Å²) in [7, 11) is 0. The molecule has 2 aromatic rings. The summed E-state index contributed by atoms with van der Waals surface area (Å²) < 4.78 is 0. The molecule has 116 valence electrons. The summed E-state index contributed by atoms with van der Waals surface area (Å²) >= 11 is 0. The molecule has 0 aromatic heterocycles. The quantitative estimate of drug-likeness (QED) is 0.658. The van der Waals surface area contributed by atoms with Gasteiger partial charge in [-0.05, 0) is 11.1 Å². The molecule has 0 radical (unpaired) electrons. The topological polar surface area (TPSA) is 111 Å².